The first-order valence-corrected chi connectivity index (χ1v) is 5.19. The number of unbranched alkanes of at least 4 members (excludes halogenated alkanes) is 1. The first-order chi connectivity index (χ1) is 6.27. The lowest BCUT2D eigenvalue weighted by Crippen LogP contribution is -2.24. The van der Waals surface area contributed by atoms with Gasteiger partial charge in [-0.05, 0) is 25.8 Å². The fraction of sp³-hybridized carbons (Fsp3) is 0.818. The molecule has 0 aliphatic heterocycles. The Morgan fingerprint density at radius 1 is 1.31 bits per heavy atom. The molecule has 78 valence electrons. The van der Waals surface area contributed by atoms with E-state index in [0.29, 0.717) is 6.04 Å². The molecule has 0 radical (unpaired) electrons. The molecule has 1 N–H and O–H groups in total. The molecule has 0 aliphatic carbocycles. The van der Waals surface area contributed by atoms with Crippen LogP contribution in [0.2, 0.25) is 0 Å². The van der Waals surface area contributed by atoms with Gasteiger partial charge in [-0.25, -0.2) is 0 Å². The summed E-state index contributed by atoms with van der Waals surface area (Å²) in [5, 5.41) is 3.35. The third kappa shape index (κ3) is 11.7. The summed E-state index contributed by atoms with van der Waals surface area (Å²) in [6.07, 6.45) is 5.20. The molecule has 0 rings (SSSR count). The summed E-state index contributed by atoms with van der Waals surface area (Å²) in [5.74, 6) is 0. The topological polar surface area (TPSA) is 21.3 Å². The van der Waals surface area contributed by atoms with Gasteiger partial charge in [-0.1, -0.05) is 19.9 Å². The molecule has 13 heavy (non-hydrogen) atoms. The second-order valence-corrected chi connectivity index (χ2v) is 3.51. The van der Waals surface area contributed by atoms with E-state index in [1.165, 1.54) is 0 Å². The zero-order valence-electron chi connectivity index (χ0n) is 9.01. The van der Waals surface area contributed by atoms with E-state index in [2.05, 4.69) is 25.7 Å². The van der Waals surface area contributed by atoms with Gasteiger partial charge in [0.2, 0.25) is 0 Å². The highest BCUT2D eigenvalue weighted by Crippen LogP contribution is 1.91. The Hall–Kier alpha value is -0.340. The standard InChI is InChI=1S/C11H23NO/c1-4-5-6-9-13-10-7-8-12-11(2)3/h4,11-12H,1,5-10H2,2-3H3. The lowest BCUT2D eigenvalue weighted by molar-refractivity contribution is 0.129. The predicted molar refractivity (Wildman–Crippen MR) is 58.0 cm³/mol. The maximum Gasteiger partial charge on any atom is 0.0478 e. The molecule has 0 saturated heterocycles. The summed E-state index contributed by atoms with van der Waals surface area (Å²) in [4.78, 5) is 0. The molecule has 0 aliphatic rings. The minimum Gasteiger partial charge on any atom is -0.381 e. The number of hydrogen-bond acceptors (Lipinski definition) is 2. The van der Waals surface area contributed by atoms with Gasteiger partial charge in [-0.15, -0.1) is 6.58 Å². The smallest absolute Gasteiger partial charge is 0.0478 e. The SMILES string of the molecule is C=CCCCOCCCNC(C)C. The molecule has 0 bridgehead atoms. The van der Waals surface area contributed by atoms with Crippen LogP contribution >= 0.6 is 0 Å². The highest BCUT2D eigenvalue weighted by atomic mass is 16.5. The van der Waals surface area contributed by atoms with E-state index >= 15 is 0 Å². The van der Waals surface area contributed by atoms with Crippen molar-refractivity contribution in [1.82, 2.24) is 5.32 Å². The molecule has 0 amide bonds. The van der Waals surface area contributed by atoms with Crippen LogP contribution in [0.5, 0.6) is 0 Å². The summed E-state index contributed by atoms with van der Waals surface area (Å²) in [6.45, 7) is 10.8. The molecule has 0 aromatic carbocycles. The minimum absolute atomic E-state index is 0.584. The zero-order chi connectivity index (χ0) is 9.94. The summed E-state index contributed by atoms with van der Waals surface area (Å²) < 4.78 is 5.43. The first-order valence-electron chi connectivity index (χ1n) is 5.19. The number of hydrogen-bond donors (Lipinski definition) is 1. The summed E-state index contributed by atoms with van der Waals surface area (Å²) in [7, 11) is 0. The highest BCUT2D eigenvalue weighted by molar-refractivity contribution is 4.64. The van der Waals surface area contributed by atoms with Gasteiger partial charge in [-0.3, -0.25) is 0 Å². The van der Waals surface area contributed by atoms with Crippen molar-refractivity contribution >= 4 is 0 Å². The fourth-order valence-corrected chi connectivity index (χ4v) is 0.997. The molecule has 2 nitrogen and oxygen atoms in total. The molecule has 0 aromatic heterocycles. The van der Waals surface area contributed by atoms with Crippen molar-refractivity contribution in [2.24, 2.45) is 0 Å². The van der Waals surface area contributed by atoms with E-state index in [0.717, 1.165) is 39.0 Å². The first kappa shape index (κ1) is 12.7. The van der Waals surface area contributed by atoms with Crippen LogP contribution in [0.1, 0.15) is 33.1 Å². The van der Waals surface area contributed by atoms with E-state index in [1.807, 2.05) is 6.08 Å². The van der Waals surface area contributed by atoms with Crippen LogP contribution in [0.3, 0.4) is 0 Å². The Kier molecular flexibility index (Phi) is 9.49. The van der Waals surface area contributed by atoms with Gasteiger partial charge in [-0.2, -0.15) is 0 Å². The quantitative estimate of drug-likeness (QED) is 0.440. The third-order valence-corrected chi connectivity index (χ3v) is 1.71. The molecular formula is C11H23NO. The molecule has 0 saturated carbocycles. The van der Waals surface area contributed by atoms with Gasteiger partial charge < -0.3 is 10.1 Å². The Morgan fingerprint density at radius 2 is 2.00 bits per heavy atom. The van der Waals surface area contributed by atoms with Crippen LogP contribution in [0, 0.1) is 0 Å². The average Bonchev–Trinajstić information content (AvgIpc) is 2.09. The number of rotatable bonds is 9. The van der Waals surface area contributed by atoms with Crippen LogP contribution < -0.4 is 5.32 Å². The predicted octanol–water partition coefficient (Wildman–Crippen LogP) is 2.36. The van der Waals surface area contributed by atoms with E-state index in [-0.39, 0.29) is 0 Å². The van der Waals surface area contributed by atoms with Crippen molar-refractivity contribution < 1.29 is 4.74 Å². The largest absolute Gasteiger partial charge is 0.381 e. The summed E-state index contributed by atoms with van der Waals surface area (Å²) in [6, 6.07) is 0.584. The molecule has 0 unspecified atom stereocenters. The average molecular weight is 185 g/mol. The zero-order valence-corrected chi connectivity index (χ0v) is 9.01. The van der Waals surface area contributed by atoms with E-state index in [1.54, 1.807) is 0 Å². The van der Waals surface area contributed by atoms with Crippen LogP contribution in [-0.2, 0) is 4.74 Å². The lowest BCUT2D eigenvalue weighted by atomic mass is 10.3. The maximum atomic E-state index is 5.43. The molecule has 0 spiro atoms. The third-order valence-electron chi connectivity index (χ3n) is 1.71. The van der Waals surface area contributed by atoms with Gasteiger partial charge >= 0.3 is 0 Å². The van der Waals surface area contributed by atoms with Crippen LogP contribution in [0.4, 0.5) is 0 Å². The van der Waals surface area contributed by atoms with Gasteiger partial charge in [0.25, 0.3) is 0 Å². The number of nitrogens with one attached hydrogen (secondary N) is 1. The minimum atomic E-state index is 0.584. The van der Waals surface area contributed by atoms with E-state index in [4.69, 9.17) is 4.74 Å². The normalized spacial score (nSPS) is 10.7. The van der Waals surface area contributed by atoms with Gasteiger partial charge in [0.1, 0.15) is 0 Å². The molecule has 0 atom stereocenters. The highest BCUT2D eigenvalue weighted by Gasteiger charge is 1.91. The Morgan fingerprint density at radius 3 is 2.62 bits per heavy atom. The molecule has 0 heterocycles. The Bertz CT molecular complexity index is 113. The number of ether oxygens (including phenoxy) is 1. The van der Waals surface area contributed by atoms with Crippen molar-refractivity contribution in [3.63, 3.8) is 0 Å². The number of allylic oxidation sites excluding steroid dienone is 1. The van der Waals surface area contributed by atoms with Crippen molar-refractivity contribution in [3.8, 4) is 0 Å². The second kappa shape index (κ2) is 9.75. The fourth-order valence-electron chi connectivity index (χ4n) is 0.997. The van der Waals surface area contributed by atoms with Crippen LogP contribution in [0.25, 0.3) is 0 Å². The maximum absolute atomic E-state index is 5.43. The molecule has 0 aromatic rings. The van der Waals surface area contributed by atoms with Gasteiger partial charge in [0.15, 0.2) is 0 Å². The Balaban J connectivity index is 2.87. The summed E-state index contributed by atoms with van der Waals surface area (Å²) >= 11 is 0. The van der Waals surface area contributed by atoms with Crippen molar-refractivity contribution in [1.29, 1.82) is 0 Å². The monoisotopic (exact) mass is 185 g/mol. The van der Waals surface area contributed by atoms with Crippen molar-refractivity contribution in [3.05, 3.63) is 12.7 Å². The van der Waals surface area contributed by atoms with Crippen LogP contribution in [-0.4, -0.2) is 25.8 Å². The molecule has 2 heteroatoms. The van der Waals surface area contributed by atoms with Crippen LogP contribution in [0.15, 0.2) is 12.7 Å². The molecular weight excluding hydrogens is 162 g/mol. The lowest BCUT2D eigenvalue weighted by Gasteiger charge is -2.07. The van der Waals surface area contributed by atoms with E-state index in [9.17, 15) is 0 Å². The van der Waals surface area contributed by atoms with Gasteiger partial charge in [0, 0.05) is 19.3 Å². The Labute approximate surface area is 82.4 Å². The molecule has 0 fully saturated rings. The summed E-state index contributed by atoms with van der Waals surface area (Å²) in [5.41, 5.74) is 0. The van der Waals surface area contributed by atoms with Gasteiger partial charge in [0.05, 0.1) is 0 Å². The van der Waals surface area contributed by atoms with Crippen molar-refractivity contribution in [2.75, 3.05) is 19.8 Å². The van der Waals surface area contributed by atoms with Crippen molar-refractivity contribution in [2.45, 2.75) is 39.2 Å². The second-order valence-electron chi connectivity index (χ2n) is 3.51. The van der Waals surface area contributed by atoms with E-state index < -0.39 is 0 Å².